The lowest BCUT2D eigenvalue weighted by Gasteiger charge is -2.25. The van der Waals surface area contributed by atoms with Gasteiger partial charge in [0.1, 0.15) is 12.4 Å². The Morgan fingerprint density at radius 3 is 2.46 bits per heavy atom. The van der Waals surface area contributed by atoms with E-state index < -0.39 is 11.0 Å². The van der Waals surface area contributed by atoms with Gasteiger partial charge >= 0.3 is 6.09 Å². The Morgan fingerprint density at radius 2 is 1.79 bits per heavy atom. The highest BCUT2D eigenvalue weighted by Crippen LogP contribution is 2.31. The van der Waals surface area contributed by atoms with Crippen molar-refractivity contribution in [2.45, 2.75) is 36.5 Å². The second-order valence-corrected chi connectivity index (χ2v) is 11.6. The third-order valence-electron chi connectivity index (χ3n) is 7.39. The maximum atomic E-state index is 13.4. The second kappa shape index (κ2) is 13.2. The van der Waals surface area contributed by atoms with Crippen LogP contribution in [-0.2, 0) is 21.9 Å². The number of hydrogen-bond acceptors (Lipinski definition) is 8. The molecule has 2 heterocycles. The van der Waals surface area contributed by atoms with Gasteiger partial charge in [0.05, 0.1) is 18.1 Å². The van der Waals surface area contributed by atoms with E-state index >= 15 is 0 Å². The Bertz CT molecular complexity index is 1150. The lowest BCUT2D eigenvalue weighted by atomic mass is 10.1. The first kappa shape index (κ1) is 28.7. The molecule has 2 aliphatic heterocycles. The molecular formula is C28H36N4O6S. The van der Waals surface area contributed by atoms with Crippen LogP contribution in [-0.4, -0.2) is 90.3 Å². The molecule has 0 bridgehead atoms. The van der Waals surface area contributed by atoms with E-state index in [0.717, 1.165) is 30.9 Å². The molecule has 0 spiro atoms. The number of carbonyl (C=O) groups excluding carboxylic acids is 2. The molecule has 0 N–H and O–H groups in total. The number of nitro benzene ring substituents is 1. The first-order valence-corrected chi connectivity index (χ1v) is 14.1. The summed E-state index contributed by atoms with van der Waals surface area (Å²) < 4.78 is 10.6. The summed E-state index contributed by atoms with van der Waals surface area (Å²) in [5.41, 5.74) is 1.92. The molecule has 0 saturated carbocycles. The Labute approximate surface area is 233 Å². The van der Waals surface area contributed by atoms with Gasteiger partial charge in [-0.15, -0.1) is 0 Å². The smallest absolute Gasteiger partial charge is 0.409 e. The Kier molecular flexibility index (Phi) is 9.68. The summed E-state index contributed by atoms with van der Waals surface area (Å²) in [6, 6.07) is 13.9. The predicted octanol–water partition coefficient (Wildman–Crippen LogP) is 4.03. The standard InChI is InChI=1S/C28H36N4O6S/c1-29-17-25(39-19-21-6-10-24(37-3)11-7-21)14-26(29)27(33)31-13-12-22(16-31)15-30(2)28(34)38-18-20-4-8-23(9-5-20)32(35)36/h4-11,22,25-26H,12-19H2,1-3H3. The van der Waals surface area contributed by atoms with Crippen molar-refractivity contribution in [3.8, 4) is 5.75 Å². The van der Waals surface area contributed by atoms with Gasteiger partial charge in [-0.25, -0.2) is 4.79 Å². The molecule has 3 unspecified atom stereocenters. The van der Waals surface area contributed by atoms with Crippen LogP contribution in [0.4, 0.5) is 10.5 Å². The van der Waals surface area contributed by atoms with Crippen LogP contribution in [0.3, 0.4) is 0 Å². The van der Waals surface area contributed by atoms with Crippen LogP contribution in [0.5, 0.6) is 5.75 Å². The predicted molar refractivity (Wildman–Crippen MR) is 150 cm³/mol. The van der Waals surface area contributed by atoms with E-state index in [-0.39, 0.29) is 30.2 Å². The number of nitro groups is 1. The van der Waals surface area contributed by atoms with Crippen LogP contribution in [0, 0.1) is 16.0 Å². The number of thioether (sulfide) groups is 1. The summed E-state index contributed by atoms with van der Waals surface area (Å²) in [5.74, 6) is 2.12. The van der Waals surface area contributed by atoms with Gasteiger partial charge in [0.15, 0.2) is 0 Å². The summed E-state index contributed by atoms with van der Waals surface area (Å²) in [6.45, 7) is 2.76. The highest BCUT2D eigenvalue weighted by atomic mass is 32.2. The number of non-ortho nitro benzene ring substituents is 1. The van der Waals surface area contributed by atoms with Gasteiger partial charge in [-0.3, -0.25) is 19.8 Å². The summed E-state index contributed by atoms with van der Waals surface area (Å²) in [4.78, 5) is 41.8. The van der Waals surface area contributed by atoms with Gasteiger partial charge < -0.3 is 19.3 Å². The number of methoxy groups -OCH3 is 1. The molecule has 2 fully saturated rings. The third kappa shape index (κ3) is 7.63. The fourth-order valence-electron chi connectivity index (χ4n) is 5.12. The molecule has 2 aliphatic rings. The quantitative estimate of drug-likeness (QED) is 0.319. The molecule has 0 aliphatic carbocycles. The van der Waals surface area contributed by atoms with Gasteiger partial charge in [-0.1, -0.05) is 12.1 Å². The Balaban J connectivity index is 1.19. The molecule has 0 radical (unpaired) electrons. The summed E-state index contributed by atoms with van der Waals surface area (Å²) in [5, 5.41) is 11.2. The molecule has 3 atom stereocenters. The minimum absolute atomic E-state index is 0.00541. The number of nitrogens with zero attached hydrogens (tertiary/aromatic N) is 4. The van der Waals surface area contributed by atoms with Gasteiger partial charge in [0.2, 0.25) is 5.91 Å². The van der Waals surface area contributed by atoms with Crippen molar-refractivity contribution in [1.82, 2.24) is 14.7 Å². The molecule has 2 amide bonds. The van der Waals surface area contributed by atoms with Crippen molar-refractivity contribution in [2.24, 2.45) is 5.92 Å². The third-order valence-corrected chi connectivity index (χ3v) is 8.70. The molecule has 210 valence electrons. The lowest BCUT2D eigenvalue weighted by Crippen LogP contribution is -2.43. The molecule has 2 aromatic carbocycles. The van der Waals surface area contributed by atoms with E-state index in [4.69, 9.17) is 9.47 Å². The highest BCUT2D eigenvalue weighted by Gasteiger charge is 2.39. The first-order valence-electron chi connectivity index (χ1n) is 13.1. The van der Waals surface area contributed by atoms with E-state index in [9.17, 15) is 19.7 Å². The minimum atomic E-state index is -0.467. The normalized spacial score (nSPS) is 21.1. The van der Waals surface area contributed by atoms with Gasteiger partial charge in [-0.2, -0.15) is 11.8 Å². The maximum absolute atomic E-state index is 13.4. The molecule has 10 nitrogen and oxygen atoms in total. The van der Waals surface area contributed by atoms with Crippen molar-refractivity contribution < 1.29 is 24.0 Å². The monoisotopic (exact) mass is 556 g/mol. The lowest BCUT2D eigenvalue weighted by molar-refractivity contribution is -0.384. The zero-order valence-electron chi connectivity index (χ0n) is 22.7. The molecule has 2 saturated heterocycles. The zero-order chi connectivity index (χ0) is 27.9. The van der Waals surface area contributed by atoms with Crippen molar-refractivity contribution in [3.05, 3.63) is 69.8 Å². The molecule has 11 heteroatoms. The second-order valence-electron chi connectivity index (χ2n) is 10.3. The number of rotatable bonds is 10. The number of ether oxygens (including phenoxy) is 2. The van der Waals surface area contributed by atoms with E-state index in [1.807, 2.05) is 35.8 Å². The average Bonchev–Trinajstić information content (AvgIpc) is 3.56. The van der Waals surface area contributed by atoms with E-state index in [0.29, 0.717) is 30.4 Å². The highest BCUT2D eigenvalue weighted by molar-refractivity contribution is 7.99. The number of carbonyl (C=O) groups is 2. The minimum Gasteiger partial charge on any atom is -0.497 e. The van der Waals surface area contributed by atoms with E-state index in [1.54, 1.807) is 26.3 Å². The average molecular weight is 557 g/mol. The topological polar surface area (TPSA) is 105 Å². The van der Waals surface area contributed by atoms with Crippen LogP contribution in [0.1, 0.15) is 24.0 Å². The number of likely N-dealkylation sites (N-methyl/N-ethyl adjacent to an activating group) is 1. The largest absolute Gasteiger partial charge is 0.497 e. The number of benzene rings is 2. The molecular weight excluding hydrogens is 520 g/mol. The van der Waals surface area contributed by atoms with Crippen molar-refractivity contribution >= 4 is 29.4 Å². The molecule has 4 rings (SSSR count). The zero-order valence-corrected chi connectivity index (χ0v) is 23.5. The fourth-order valence-corrected chi connectivity index (χ4v) is 6.40. The van der Waals surface area contributed by atoms with E-state index in [2.05, 4.69) is 17.0 Å². The van der Waals surface area contributed by atoms with Crippen LogP contribution >= 0.6 is 11.8 Å². The molecule has 39 heavy (non-hydrogen) atoms. The molecule has 2 aromatic rings. The molecule has 0 aromatic heterocycles. The fraction of sp³-hybridized carbons (Fsp3) is 0.500. The number of likely N-dealkylation sites (tertiary alicyclic amines) is 2. The summed E-state index contributed by atoms with van der Waals surface area (Å²) in [7, 11) is 5.38. The van der Waals surface area contributed by atoms with Gasteiger partial charge in [0.25, 0.3) is 5.69 Å². The van der Waals surface area contributed by atoms with Crippen molar-refractivity contribution in [1.29, 1.82) is 0 Å². The van der Waals surface area contributed by atoms with E-state index in [1.165, 1.54) is 22.6 Å². The Hall–Kier alpha value is -3.31. The summed E-state index contributed by atoms with van der Waals surface area (Å²) in [6.07, 6.45) is 1.23. The van der Waals surface area contributed by atoms with Crippen LogP contribution < -0.4 is 4.74 Å². The SMILES string of the molecule is COc1ccc(CSC2CC(C(=O)N3CCC(CN(C)C(=O)OCc4ccc([N+](=O)[O-])cc4)C3)N(C)C2)cc1. The number of amides is 2. The maximum Gasteiger partial charge on any atom is 0.409 e. The van der Waals surface area contributed by atoms with Crippen LogP contribution in [0.2, 0.25) is 0 Å². The Morgan fingerprint density at radius 1 is 1.10 bits per heavy atom. The van der Waals surface area contributed by atoms with Gasteiger partial charge in [0, 0.05) is 56.4 Å². The summed E-state index contributed by atoms with van der Waals surface area (Å²) >= 11 is 1.89. The van der Waals surface area contributed by atoms with Crippen molar-refractivity contribution in [2.75, 3.05) is 47.4 Å². The van der Waals surface area contributed by atoms with Gasteiger partial charge in [-0.05, 0) is 61.2 Å². The number of hydrogen-bond donors (Lipinski definition) is 0. The first-order chi connectivity index (χ1) is 18.7. The van der Waals surface area contributed by atoms with Crippen molar-refractivity contribution in [3.63, 3.8) is 0 Å². The van der Waals surface area contributed by atoms with Crippen LogP contribution in [0.15, 0.2) is 48.5 Å². The van der Waals surface area contributed by atoms with Crippen LogP contribution in [0.25, 0.3) is 0 Å².